The van der Waals surface area contributed by atoms with Crippen molar-refractivity contribution in [2.24, 2.45) is 5.92 Å². The van der Waals surface area contributed by atoms with Crippen LogP contribution in [0.5, 0.6) is 11.5 Å². The summed E-state index contributed by atoms with van der Waals surface area (Å²) in [6.07, 6.45) is 2.34. The molecule has 1 heterocycles. The van der Waals surface area contributed by atoms with Crippen molar-refractivity contribution in [2.45, 2.75) is 33.6 Å². The van der Waals surface area contributed by atoms with Gasteiger partial charge in [-0.15, -0.1) is 0 Å². The number of nitrogens with one attached hydrogen (secondary N) is 1. The van der Waals surface area contributed by atoms with E-state index in [2.05, 4.69) is 24.4 Å². The lowest BCUT2D eigenvalue weighted by atomic mass is 9.92. The second kappa shape index (κ2) is 5.98. The van der Waals surface area contributed by atoms with Crippen LogP contribution >= 0.6 is 0 Å². The van der Waals surface area contributed by atoms with Crippen molar-refractivity contribution in [1.29, 1.82) is 0 Å². The van der Waals surface area contributed by atoms with Gasteiger partial charge in [0, 0.05) is 18.3 Å². The van der Waals surface area contributed by atoms with Crippen LogP contribution in [0.3, 0.4) is 0 Å². The summed E-state index contributed by atoms with van der Waals surface area (Å²) in [7, 11) is 0. The van der Waals surface area contributed by atoms with E-state index in [1.165, 1.54) is 17.7 Å². The Morgan fingerprint density at radius 2 is 1.78 bits per heavy atom. The molecule has 3 heteroatoms. The zero-order chi connectivity index (χ0) is 13.0. The summed E-state index contributed by atoms with van der Waals surface area (Å²) in [4.78, 5) is 0. The van der Waals surface area contributed by atoms with Crippen molar-refractivity contribution in [1.82, 2.24) is 0 Å². The molecule has 3 nitrogen and oxygen atoms in total. The summed E-state index contributed by atoms with van der Waals surface area (Å²) >= 11 is 0. The first-order valence-electron chi connectivity index (χ1n) is 6.94. The van der Waals surface area contributed by atoms with E-state index in [9.17, 15) is 0 Å². The second-order valence-corrected chi connectivity index (χ2v) is 4.68. The topological polar surface area (TPSA) is 30.5 Å². The van der Waals surface area contributed by atoms with Crippen LogP contribution < -0.4 is 14.8 Å². The Morgan fingerprint density at radius 3 is 2.39 bits per heavy atom. The van der Waals surface area contributed by atoms with Gasteiger partial charge in [-0.1, -0.05) is 13.3 Å². The molecule has 1 aliphatic heterocycles. The third kappa shape index (κ3) is 2.71. The maximum Gasteiger partial charge on any atom is 0.163 e. The number of rotatable bonds is 5. The molecule has 0 saturated heterocycles. The van der Waals surface area contributed by atoms with Crippen molar-refractivity contribution in [3.8, 4) is 11.5 Å². The van der Waals surface area contributed by atoms with E-state index in [4.69, 9.17) is 9.47 Å². The minimum atomic E-state index is 0.663. The van der Waals surface area contributed by atoms with Crippen LogP contribution in [-0.2, 0) is 6.42 Å². The summed E-state index contributed by atoms with van der Waals surface area (Å²) in [6, 6.07) is 4.22. The smallest absolute Gasteiger partial charge is 0.163 e. The number of anilines is 1. The largest absolute Gasteiger partial charge is 0.490 e. The zero-order valence-corrected chi connectivity index (χ0v) is 11.6. The summed E-state index contributed by atoms with van der Waals surface area (Å²) in [5.41, 5.74) is 2.55. The van der Waals surface area contributed by atoms with Gasteiger partial charge >= 0.3 is 0 Å². The molecule has 2 rings (SSSR count). The molecule has 0 radical (unpaired) electrons. The minimum Gasteiger partial charge on any atom is -0.490 e. The predicted molar refractivity (Wildman–Crippen MR) is 74.8 cm³/mol. The zero-order valence-electron chi connectivity index (χ0n) is 11.6. The summed E-state index contributed by atoms with van der Waals surface area (Å²) < 4.78 is 11.3. The molecule has 0 amide bonds. The van der Waals surface area contributed by atoms with Gasteiger partial charge in [-0.3, -0.25) is 0 Å². The molecular formula is C15H23NO2. The summed E-state index contributed by atoms with van der Waals surface area (Å²) in [5, 5.41) is 3.50. The first-order valence-corrected chi connectivity index (χ1v) is 6.94. The Labute approximate surface area is 109 Å². The van der Waals surface area contributed by atoms with Crippen LogP contribution in [0, 0.1) is 5.92 Å². The molecule has 18 heavy (non-hydrogen) atoms. The first-order chi connectivity index (χ1) is 8.78. The molecule has 0 bridgehead atoms. The molecule has 1 N–H and O–H groups in total. The van der Waals surface area contributed by atoms with Crippen LogP contribution in [-0.4, -0.2) is 19.8 Å². The molecule has 1 atom stereocenters. The third-order valence-corrected chi connectivity index (χ3v) is 3.44. The van der Waals surface area contributed by atoms with Gasteiger partial charge < -0.3 is 14.8 Å². The van der Waals surface area contributed by atoms with E-state index < -0.39 is 0 Å². The molecule has 100 valence electrons. The van der Waals surface area contributed by atoms with Crippen LogP contribution in [0.2, 0.25) is 0 Å². The average molecular weight is 249 g/mol. The number of hydrogen-bond donors (Lipinski definition) is 1. The van der Waals surface area contributed by atoms with E-state index in [0.29, 0.717) is 13.2 Å². The van der Waals surface area contributed by atoms with E-state index in [1.54, 1.807) is 0 Å². The van der Waals surface area contributed by atoms with Crippen molar-refractivity contribution in [3.63, 3.8) is 0 Å². The Kier molecular flexibility index (Phi) is 4.34. The average Bonchev–Trinajstić information content (AvgIpc) is 2.39. The van der Waals surface area contributed by atoms with Crippen molar-refractivity contribution in [3.05, 3.63) is 17.7 Å². The Bertz CT molecular complexity index is 404. The normalized spacial score (nSPS) is 17.8. The van der Waals surface area contributed by atoms with Crippen LogP contribution in [0.1, 0.15) is 32.8 Å². The fourth-order valence-corrected chi connectivity index (χ4v) is 2.40. The Hall–Kier alpha value is -1.38. The van der Waals surface area contributed by atoms with Crippen LogP contribution in [0.25, 0.3) is 0 Å². The van der Waals surface area contributed by atoms with Crippen molar-refractivity contribution in [2.75, 3.05) is 25.1 Å². The molecule has 1 aromatic rings. The quantitative estimate of drug-likeness (QED) is 0.866. The number of ether oxygens (including phenoxy) is 2. The van der Waals surface area contributed by atoms with Crippen LogP contribution in [0.4, 0.5) is 5.69 Å². The molecule has 1 aliphatic rings. The molecule has 0 saturated carbocycles. The highest BCUT2D eigenvalue weighted by Gasteiger charge is 2.19. The van der Waals surface area contributed by atoms with Gasteiger partial charge in [0.05, 0.1) is 13.2 Å². The number of benzene rings is 1. The van der Waals surface area contributed by atoms with Gasteiger partial charge in [0.15, 0.2) is 11.5 Å². The number of hydrogen-bond acceptors (Lipinski definition) is 3. The van der Waals surface area contributed by atoms with E-state index in [1.807, 2.05) is 13.8 Å². The SMILES string of the molecule is CCOc1cc2c(cc1OCC)NCC(CC)C2. The minimum absolute atomic E-state index is 0.663. The van der Waals surface area contributed by atoms with Gasteiger partial charge in [-0.05, 0) is 37.8 Å². The molecule has 1 aromatic carbocycles. The predicted octanol–water partition coefficient (Wildman–Crippen LogP) is 3.48. The summed E-state index contributed by atoms with van der Waals surface area (Å²) in [6.45, 7) is 8.64. The molecule has 0 spiro atoms. The van der Waals surface area contributed by atoms with E-state index in [-0.39, 0.29) is 0 Å². The monoisotopic (exact) mass is 249 g/mol. The first kappa shape index (κ1) is 13.1. The van der Waals surface area contributed by atoms with E-state index in [0.717, 1.165) is 30.4 Å². The molecular weight excluding hydrogens is 226 g/mol. The van der Waals surface area contributed by atoms with Gasteiger partial charge in [0.1, 0.15) is 0 Å². The standard InChI is InChI=1S/C15H23NO2/c1-4-11-7-12-8-14(17-5-2)15(18-6-3)9-13(12)16-10-11/h8-9,11,16H,4-7,10H2,1-3H3. The summed E-state index contributed by atoms with van der Waals surface area (Å²) in [5.74, 6) is 2.45. The molecule has 1 unspecified atom stereocenters. The fourth-order valence-electron chi connectivity index (χ4n) is 2.40. The van der Waals surface area contributed by atoms with Crippen molar-refractivity contribution < 1.29 is 9.47 Å². The fraction of sp³-hybridized carbons (Fsp3) is 0.600. The maximum absolute atomic E-state index is 5.67. The van der Waals surface area contributed by atoms with Gasteiger partial charge in [0.2, 0.25) is 0 Å². The molecule has 0 fully saturated rings. The highest BCUT2D eigenvalue weighted by molar-refractivity contribution is 5.62. The maximum atomic E-state index is 5.67. The van der Waals surface area contributed by atoms with Crippen LogP contribution in [0.15, 0.2) is 12.1 Å². The lowest BCUT2D eigenvalue weighted by Gasteiger charge is -2.26. The highest BCUT2D eigenvalue weighted by Crippen LogP contribution is 2.37. The lowest BCUT2D eigenvalue weighted by molar-refractivity contribution is 0.287. The highest BCUT2D eigenvalue weighted by atomic mass is 16.5. The van der Waals surface area contributed by atoms with E-state index >= 15 is 0 Å². The second-order valence-electron chi connectivity index (χ2n) is 4.68. The molecule has 0 aliphatic carbocycles. The number of fused-ring (bicyclic) bond motifs is 1. The van der Waals surface area contributed by atoms with Gasteiger partial charge in [-0.2, -0.15) is 0 Å². The lowest BCUT2D eigenvalue weighted by Crippen LogP contribution is -2.22. The Morgan fingerprint density at radius 1 is 1.11 bits per heavy atom. The van der Waals surface area contributed by atoms with Crippen molar-refractivity contribution >= 4 is 5.69 Å². The molecule has 0 aromatic heterocycles. The van der Waals surface area contributed by atoms with Gasteiger partial charge in [-0.25, -0.2) is 0 Å². The third-order valence-electron chi connectivity index (χ3n) is 3.44. The van der Waals surface area contributed by atoms with Gasteiger partial charge in [0.25, 0.3) is 0 Å². The Balaban J connectivity index is 2.29.